The molecule has 0 spiro atoms. The van der Waals surface area contributed by atoms with Crippen molar-refractivity contribution in [2.45, 2.75) is 38.1 Å². The standard InChI is InChI=1S/C22H24N2O3/c23-21(26)22-10-13-8-15(11-22)19(16(9-13)12-22)24-20(25)18-7-6-17(27-18)14-4-2-1-3-5-14/h1-7,13,15-16,19H,8-12H2,(H2,23,26)(H,24,25). The van der Waals surface area contributed by atoms with Gasteiger partial charge in [0.25, 0.3) is 5.91 Å². The lowest BCUT2D eigenvalue weighted by Gasteiger charge is -2.58. The highest BCUT2D eigenvalue weighted by molar-refractivity contribution is 5.92. The topological polar surface area (TPSA) is 85.3 Å². The van der Waals surface area contributed by atoms with E-state index in [2.05, 4.69) is 5.32 Å². The molecule has 2 atom stereocenters. The number of hydrogen-bond acceptors (Lipinski definition) is 3. The Bertz CT molecular complexity index is 872. The van der Waals surface area contributed by atoms with E-state index in [1.807, 2.05) is 36.4 Å². The van der Waals surface area contributed by atoms with Crippen molar-refractivity contribution in [3.8, 4) is 11.3 Å². The maximum Gasteiger partial charge on any atom is 0.287 e. The molecule has 4 aliphatic rings. The van der Waals surface area contributed by atoms with Crippen LogP contribution < -0.4 is 11.1 Å². The SMILES string of the molecule is NC(=O)C12CC3CC(C1)C(NC(=O)c1ccc(-c4ccccc4)o1)C(C3)C2. The molecule has 140 valence electrons. The second-order valence-corrected chi connectivity index (χ2v) is 8.64. The van der Waals surface area contributed by atoms with E-state index in [1.165, 1.54) is 0 Å². The molecule has 4 saturated carbocycles. The Kier molecular flexibility index (Phi) is 3.67. The van der Waals surface area contributed by atoms with Crippen molar-refractivity contribution in [3.05, 3.63) is 48.2 Å². The Balaban J connectivity index is 1.33. The fourth-order valence-electron chi connectivity index (χ4n) is 6.00. The summed E-state index contributed by atoms with van der Waals surface area (Å²) in [6.45, 7) is 0. The number of primary amides is 1. The van der Waals surface area contributed by atoms with Crippen LogP contribution in [0.3, 0.4) is 0 Å². The summed E-state index contributed by atoms with van der Waals surface area (Å²) in [7, 11) is 0. The zero-order valence-electron chi connectivity index (χ0n) is 15.2. The zero-order chi connectivity index (χ0) is 18.6. The third-order valence-corrected chi connectivity index (χ3v) is 6.98. The number of carbonyl (C=O) groups is 2. The second-order valence-electron chi connectivity index (χ2n) is 8.64. The van der Waals surface area contributed by atoms with Crippen molar-refractivity contribution >= 4 is 11.8 Å². The Morgan fingerprint density at radius 1 is 1.00 bits per heavy atom. The van der Waals surface area contributed by atoms with Crippen molar-refractivity contribution in [3.63, 3.8) is 0 Å². The summed E-state index contributed by atoms with van der Waals surface area (Å²) in [6.07, 6.45) is 4.74. The van der Waals surface area contributed by atoms with Crippen molar-refractivity contribution < 1.29 is 14.0 Å². The molecule has 4 aliphatic carbocycles. The van der Waals surface area contributed by atoms with Gasteiger partial charge in [-0.05, 0) is 62.0 Å². The third-order valence-electron chi connectivity index (χ3n) is 6.98. The average Bonchev–Trinajstić information content (AvgIpc) is 3.15. The quantitative estimate of drug-likeness (QED) is 0.872. The number of carbonyl (C=O) groups excluding carboxylic acids is 2. The molecule has 3 N–H and O–H groups in total. The van der Waals surface area contributed by atoms with Crippen LogP contribution in [-0.2, 0) is 4.79 Å². The number of furan rings is 1. The van der Waals surface area contributed by atoms with Crippen molar-refractivity contribution in [2.24, 2.45) is 28.9 Å². The summed E-state index contributed by atoms with van der Waals surface area (Å²) in [5.41, 5.74) is 6.37. The van der Waals surface area contributed by atoms with Gasteiger partial charge in [-0.3, -0.25) is 9.59 Å². The molecule has 27 heavy (non-hydrogen) atoms. The van der Waals surface area contributed by atoms with E-state index in [4.69, 9.17) is 10.2 Å². The summed E-state index contributed by atoms with van der Waals surface area (Å²) in [5, 5.41) is 3.21. The normalized spacial score (nSPS) is 33.8. The lowest BCUT2D eigenvalue weighted by molar-refractivity contribution is -0.145. The Morgan fingerprint density at radius 2 is 1.70 bits per heavy atom. The number of amides is 2. The number of rotatable bonds is 4. The van der Waals surface area contributed by atoms with Gasteiger partial charge < -0.3 is 15.5 Å². The highest BCUT2D eigenvalue weighted by Gasteiger charge is 2.58. The van der Waals surface area contributed by atoms with Crippen LogP contribution in [0.4, 0.5) is 0 Å². The fraction of sp³-hybridized carbons (Fsp3) is 0.455. The molecule has 4 bridgehead atoms. The first kappa shape index (κ1) is 16.6. The summed E-state index contributed by atoms with van der Waals surface area (Å²) < 4.78 is 5.80. The summed E-state index contributed by atoms with van der Waals surface area (Å²) >= 11 is 0. The monoisotopic (exact) mass is 364 g/mol. The third kappa shape index (κ3) is 2.68. The molecule has 1 aromatic heterocycles. The highest BCUT2D eigenvalue weighted by Crippen LogP contribution is 2.59. The van der Waals surface area contributed by atoms with Crippen LogP contribution in [0.1, 0.15) is 42.7 Å². The minimum Gasteiger partial charge on any atom is -0.451 e. The molecule has 1 heterocycles. The summed E-state index contributed by atoms with van der Waals surface area (Å²) in [6, 6.07) is 13.4. The molecule has 1 aromatic carbocycles. The van der Waals surface area contributed by atoms with Crippen LogP contribution >= 0.6 is 0 Å². The molecule has 2 amide bonds. The van der Waals surface area contributed by atoms with Gasteiger partial charge in [-0.1, -0.05) is 30.3 Å². The predicted molar refractivity (Wildman–Crippen MR) is 101 cm³/mol. The van der Waals surface area contributed by atoms with Gasteiger partial charge in [0.1, 0.15) is 5.76 Å². The molecule has 4 fully saturated rings. The minimum atomic E-state index is -0.330. The Labute approximate surface area is 158 Å². The Hall–Kier alpha value is -2.56. The summed E-state index contributed by atoms with van der Waals surface area (Å²) in [4.78, 5) is 24.9. The first-order chi connectivity index (χ1) is 13.0. The second kappa shape index (κ2) is 5.98. The maximum absolute atomic E-state index is 12.8. The molecule has 0 saturated heterocycles. The van der Waals surface area contributed by atoms with E-state index in [9.17, 15) is 9.59 Å². The van der Waals surface area contributed by atoms with Gasteiger partial charge in [0, 0.05) is 17.0 Å². The first-order valence-electron chi connectivity index (χ1n) is 9.80. The van der Waals surface area contributed by atoms with E-state index in [0.717, 1.165) is 37.7 Å². The number of nitrogens with two attached hydrogens (primary N) is 1. The largest absolute Gasteiger partial charge is 0.451 e. The number of nitrogens with one attached hydrogen (secondary N) is 1. The van der Waals surface area contributed by atoms with Crippen LogP contribution in [0.5, 0.6) is 0 Å². The van der Waals surface area contributed by atoms with Crippen molar-refractivity contribution in [2.75, 3.05) is 0 Å². The summed E-state index contributed by atoms with van der Waals surface area (Å²) in [5.74, 6) is 1.99. The van der Waals surface area contributed by atoms with Crippen LogP contribution in [0.15, 0.2) is 46.9 Å². The van der Waals surface area contributed by atoms with E-state index in [1.54, 1.807) is 6.07 Å². The molecule has 5 nitrogen and oxygen atoms in total. The van der Waals surface area contributed by atoms with E-state index in [0.29, 0.717) is 29.3 Å². The van der Waals surface area contributed by atoms with Crippen molar-refractivity contribution in [1.82, 2.24) is 5.32 Å². The smallest absolute Gasteiger partial charge is 0.287 e. The van der Waals surface area contributed by atoms with Gasteiger partial charge in [-0.25, -0.2) is 0 Å². The van der Waals surface area contributed by atoms with Crippen LogP contribution in [0.2, 0.25) is 0 Å². The maximum atomic E-state index is 12.8. The first-order valence-corrected chi connectivity index (χ1v) is 9.80. The van der Waals surface area contributed by atoms with Crippen molar-refractivity contribution in [1.29, 1.82) is 0 Å². The fourth-order valence-corrected chi connectivity index (χ4v) is 6.00. The molecular weight excluding hydrogens is 340 g/mol. The molecular formula is C22H24N2O3. The Morgan fingerprint density at radius 3 is 2.37 bits per heavy atom. The van der Waals surface area contributed by atoms with E-state index >= 15 is 0 Å². The molecule has 0 radical (unpaired) electrons. The molecule has 6 rings (SSSR count). The lowest BCUT2D eigenvalue weighted by Crippen LogP contribution is -2.62. The lowest BCUT2D eigenvalue weighted by atomic mass is 9.47. The van der Waals surface area contributed by atoms with Gasteiger partial charge in [0.15, 0.2) is 5.76 Å². The van der Waals surface area contributed by atoms with Gasteiger partial charge in [0.2, 0.25) is 5.91 Å². The van der Waals surface area contributed by atoms with Crippen LogP contribution in [-0.4, -0.2) is 17.9 Å². The van der Waals surface area contributed by atoms with Gasteiger partial charge in [-0.2, -0.15) is 0 Å². The van der Waals surface area contributed by atoms with Crippen LogP contribution in [0, 0.1) is 23.2 Å². The van der Waals surface area contributed by atoms with Gasteiger partial charge >= 0.3 is 0 Å². The zero-order valence-corrected chi connectivity index (χ0v) is 15.2. The molecule has 2 aromatic rings. The predicted octanol–water partition coefficient (Wildman–Crippen LogP) is 3.36. The highest BCUT2D eigenvalue weighted by atomic mass is 16.3. The molecule has 5 heteroatoms. The number of hydrogen-bond donors (Lipinski definition) is 2. The van der Waals surface area contributed by atoms with Gasteiger partial charge in [-0.15, -0.1) is 0 Å². The average molecular weight is 364 g/mol. The minimum absolute atomic E-state index is 0.117. The van der Waals surface area contributed by atoms with Gasteiger partial charge in [0.05, 0.1) is 0 Å². The molecule has 2 unspecified atom stereocenters. The van der Waals surface area contributed by atoms with E-state index in [-0.39, 0.29) is 23.3 Å². The number of benzene rings is 1. The molecule has 0 aliphatic heterocycles. The van der Waals surface area contributed by atoms with E-state index < -0.39 is 0 Å². The van der Waals surface area contributed by atoms with Crippen LogP contribution in [0.25, 0.3) is 11.3 Å².